The molecular formula is C24H27NO3S. The van der Waals surface area contributed by atoms with Gasteiger partial charge >= 0.3 is 5.97 Å². The van der Waals surface area contributed by atoms with Crippen LogP contribution in [-0.2, 0) is 17.6 Å². The summed E-state index contributed by atoms with van der Waals surface area (Å²) in [4.78, 5) is 16.7. The van der Waals surface area contributed by atoms with Crippen molar-refractivity contribution in [2.45, 2.75) is 46.5 Å². The molecule has 1 N–H and O–H groups in total. The van der Waals surface area contributed by atoms with Crippen LogP contribution in [0.4, 0.5) is 0 Å². The highest BCUT2D eigenvalue weighted by Crippen LogP contribution is 2.29. The van der Waals surface area contributed by atoms with Crippen molar-refractivity contribution in [1.82, 2.24) is 4.98 Å². The molecule has 0 radical (unpaired) electrons. The zero-order valence-electron chi connectivity index (χ0n) is 17.2. The Balaban J connectivity index is 1.59. The van der Waals surface area contributed by atoms with E-state index < -0.39 is 5.97 Å². The number of aromatic nitrogens is 1. The molecular weight excluding hydrogens is 382 g/mol. The van der Waals surface area contributed by atoms with E-state index in [1.54, 1.807) is 11.3 Å². The average molecular weight is 410 g/mol. The van der Waals surface area contributed by atoms with Crippen molar-refractivity contribution < 1.29 is 14.6 Å². The highest BCUT2D eigenvalue weighted by atomic mass is 32.1. The number of hydrogen-bond acceptors (Lipinski definition) is 4. The number of carboxylic acids is 1. The van der Waals surface area contributed by atoms with Crippen LogP contribution >= 0.6 is 11.3 Å². The van der Waals surface area contributed by atoms with Gasteiger partial charge in [0.05, 0.1) is 12.3 Å². The molecule has 152 valence electrons. The van der Waals surface area contributed by atoms with Crippen molar-refractivity contribution in [3.05, 3.63) is 69.7 Å². The molecule has 0 spiro atoms. The molecule has 0 bridgehead atoms. The molecule has 0 atom stereocenters. The molecule has 1 heterocycles. The molecule has 2 aromatic carbocycles. The second kappa shape index (κ2) is 9.70. The van der Waals surface area contributed by atoms with Crippen LogP contribution in [0, 0.1) is 20.8 Å². The first-order valence-electron chi connectivity index (χ1n) is 9.90. The number of hydrogen-bond donors (Lipinski definition) is 1. The first kappa shape index (κ1) is 21.1. The SMILES string of the molecule is Cc1ccc(-c2nc(C)c(CCc3ccc(OCCCC(=O)O)c(C)c3)s2)cc1. The Labute approximate surface area is 176 Å². The van der Waals surface area contributed by atoms with Gasteiger partial charge in [-0.25, -0.2) is 4.98 Å². The lowest BCUT2D eigenvalue weighted by atomic mass is 10.1. The Bertz CT molecular complexity index is 976. The van der Waals surface area contributed by atoms with Crippen molar-refractivity contribution in [3.63, 3.8) is 0 Å². The standard InChI is InChI=1S/C24H27NO3S/c1-16-6-10-20(11-7-16)24-25-18(3)22(29-24)13-9-19-8-12-21(17(2)15-19)28-14-4-5-23(26)27/h6-8,10-12,15H,4-5,9,13-14H2,1-3H3,(H,26,27). The lowest BCUT2D eigenvalue weighted by Gasteiger charge is -2.10. The second-order valence-electron chi connectivity index (χ2n) is 7.34. The van der Waals surface area contributed by atoms with Gasteiger partial charge < -0.3 is 9.84 Å². The van der Waals surface area contributed by atoms with Crippen molar-refractivity contribution in [1.29, 1.82) is 0 Å². The van der Waals surface area contributed by atoms with Crippen LogP contribution in [0.15, 0.2) is 42.5 Å². The van der Waals surface area contributed by atoms with E-state index in [0.29, 0.717) is 13.0 Å². The molecule has 0 saturated carbocycles. The fourth-order valence-corrected chi connectivity index (χ4v) is 4.24. The van der Waals surface area contributed by atoms with Gasteiger partial charge in [0.1, 0.15) is 10.8 Å². The summed E-state index contributed by atoms with van der Waals surface area (Å²) in [7, 11) is 0. The van der Waals surface area contributed by atoms with Gasteiger partial charge in [0, 0.05) is 16.9 Å². The lowest BCUT2D eigenvalue weighted by Crippen LogP contribution is -2.03. The van der Waals surface area contributed by atoms with E-state index in [-0.39, 0.29) is 6.42 Å². The molecule has 3 aromatic rings. The van der Waals surface area contributed by atoms with Crippen molar-refractivity contribution in [3.8, 4) is 16.3 Å². The van der Waals surface area contributed by atoms with Gasteiger partial charge in [-0.2, -0.15) is 0 Å². The molecule has 0 fully saturated rings. The third-order valence-corrected chi connectivity index (χ3v) is 6.13. The number of thiazole rings is 1. The third-order valence-electron chi connectivity index (χ3n) is 4.86. The summed E-state index contributed by atoms with van der Waals surface area (Å²) in [6.45, 7) is 6.64. The minimum atomic E-state index is -0.787. The zero-order valence-corrected chi connectivity index (χ0v) is 18.0. The molecule has 0 aliphatic carbocycles. The van der Waals surface area contributed by atoms with Crippen molar-refractivity contribution >= 4 is 17.3 Å². The predicted octanol–water partition coefficient (Wildman–Crippen LogP) is 5.76. The fourth-order valence-electron chi connectivity index (χ4n) is 3.17. The van der Waals surface area contributed by atoms with Crippen LogP contribution in [0.3, 0.4) is 0 Å². The van der Waals surface area contributed by atoms with Gasteiger partial charge in [0.25, 0.3) is 0 Å². The summed E-state index contributed by atoms with van der Waals surface area (Å²) in [5.41, 5.74) is 5.90. The first-order valence-corrected chi connectivity index (χ1v) is 10.7. The molecule has 0 amide bonds. The number of aliphatic carboxylic acids is 1. The van der Waals surface area contributed by atoms with E-state index in [1.165, 1.54) is 21.6 Å². The number of aryl methyl sites for hydroxylation is 5. The number of ether oxygens (including phenoxy) is 1. The average Bonchev–Trinajstić information content (AvgIpc) is 3.06. The normalized spacial score (nSPS) is 10.9. The van der Waals surface area contributed by atoms with Crippen LogP contribution in [-0.4, -0.2) is 22.7 Å². The Morgan fingerprint density at radius 3 is 2.52 bits per heavy atom. The van der Waals surface area contributed by atoms with E-state index >= 15 is 0 Å². The minimum absolute atomic E-state index is 0.135. The largest absolute Gasteiger partial charge is 0.493 e. The van der Waals surface area contributed by atoms with Gasteiger partial charge in [-0.05, 0) is 57.2 Å². The first-order chi connectivity index (χ1) is 13.9. The number of carbonyl (C=O) groups is 1. The molecule has 1 aromatic heterocycles. The third kappa shape index (κ3) is 5.91. The fraction of sp³-hybridized carbons (Fsp3) is 0.333. The Morgan fingerprint density at radius 1 is 1.07 bits per heavy atom. The summed E-state index contributed by atoms with van der Waals surface area (Å²) >= 11 is 1.78. The number of nitrogens with zero attached hydrogens (tertiary/aromatic N) is 1. The molecule has 29 heavy (non-hydrogen) atoms. The molecule has 0 aliphatic heterocycles. The van der Waals surface area contributed by atoms with Crippen LogP contribution in [0.25, 0.3) is 10.6 Å². The van der Waals surface area contributed by atoms with Gasteiger partial charge in [0.2, 0.25) is 0 Å². The summed E-state index contributed by atoms with van der Waals surface area (Å²) in [6.07, 6.45) is 2.57. The minimum Gasteiger partial charge on any atom is -0.493 e. The smallest absolute Gasteiger partial charge is 0.303 e. The van der Waals surface area contributed by atoms with Crippen molar-refractivity contribution in [2.24, 2.45) is 0 Å². The Morgan fingerprint density at radius 2 is 1.83 bits per heavy atom. The van der Waals surface area contributed by atoms with Crippen LogP contribution in [0.5, 0.6) is 5.75 Å². The molecule has 0 unspecified atom stereocenters. The number of benzene rings is 2. The summed E-state index contributed by atoms with van der Waals surface area (Å²) < 4.78 is 5.71. The van der Waals surface area contributed by atoms with Gasteiger partial charge in [-0.1, -0.05) is 42.0 Å². The van der Waals surface area contributed by atoms with E-state index in [1.807, 2.05) is 13.0 Å². The Hall–Kier alpha value is -2.66. The maximum absolute atomic E-state index is 10.6. The van der Waals surface area contributed by atoms with Gasteiger partial charge in [0.15, 0.2) is 0 Å². The van der Waals surface area contributed by atoms with E-state index in [4.69, 9.17) is 14.8 Å². The van der Waals surface area contributed by atoms with Gasteiger partial charge in [-0.3, -0.25) is 4.79 Å². The molecule has 5 heteroatoms. The summed E-state index contributed by atoms with van der Waals surface area (Å²) in [5, 5.41) is 9.77. The maximum Gasteiger partial charge on any atom is 0.303 e. The predicted molar refractivity (Wildman–Crippen MR) is 118 cm³/mol. The molecule has 0 aliphatic rings. The van der Waals surface area contributed by atoms with E-state index in [2.05, 4.69) is 50.2 Å². The second-order valence-corrected chi connectivity index (χ2v) is 8.42. The van der Waals surface area contributed by atoms with Crippen LogP contribution < -0.4 is 4.74 Å². The Kier molecular flexibility index (Phi) is 7.04. The van der Waals surface area contributed by atoms with Gasteiger partial charge in [-0.15, -0.1) is 11.3 Å². The van der Waals surface area contributed by atoms with Crippen LogP contribution in [0.2, 0.25) is 0 Å². The molecule has 4 nitrogen and oxygen atoms in total. The van der Waals surface area contributed by atoms with Crippen molar-refractivity contribution in [2.75, 3.05) is 6.61 Å². The quantitative estimate of drug-likeness (QED) is 0.456. The highest BCUT2D eigenvalue weighted by molar-refractivity contribution is 7.15. The van der Waals surface area contributed by atoms with Crippen LogP contribution in [0.1, 0.15) is 40.1 Å². The lowest BCUT2D eigenvalue weighted by molar-refractivity contribution is -0.137. The maximum atomic E-state index is 10.6. The molecule has 3 rings (SSSR count). The van der Waals surface area contributed by atoms with E-state index in [0.717, 1.165) is 34.9 Å². The topological polar surface area (TPSA) is 59.4 Å². The molecule has 0 saturated heterocycles. The number of rotatable bonds is 9. The summed E-state index contributed by atoms with van der Waals surface area (Å²) in [6, 6.07) is 14.8. The summed E-state index contributed by atoms with van der Waals surface area (Å²) in [5.74, 6) is 0.0410. The highest BCUT2D eigenvalue weighted by Gasteiger charge is 2.10. The monoisotopic (exact) mass is 409 g/mol. The van der Waals surface area contributed by atoms with E-state index in [9.17, 15) is 4.79 Å². The zero-order chi connectivity index (χ0) is 20.8. The number of carboxylic acid groups (broad SMARTS) is 1.